The molecular weight excluding hydrogens is 533 g/mol. The lowest BCUT2D eigenvalue weighted by molar-refractivity contribution is 0.00352. The van der Waals surface area contributed by atoms with Crippen molar-refractivity contribution >= 4 is 33.6 Å². The summed E-state index contributed by atoms with van der Waals surface area (Å²) in [6, 6.07) is 9.29. The maximum absolute atomic E-state index is 14.0. The van der Waals surface area contributed by atoms with Crippen LogP contribution in [-0.4, -0.2) is 33.9 Å². The summed E-state index contributed by atoms with van der Waals surface area (Å²) in [6.45, 7) is 1.79. The number of carbonyl (C=O) groups excluding carboxylic acids is 2. The number of carbonyl (C=O) groups is 2. The third kappa shape index (κ3) is 4.91. The predicted molar refractivity (Wildman–Crippen MR) is 133 cm³/mol. The van der Waals surface area contributed by atoms with E-state index < -0.39 is 40.4 Å². The summed E-state index contributed by atoms with van der Waals surface area (Å²) < 4.78 is 21.7. The van der Waals surface area contributed by atoms with Gasteiger partial charge in [0, 0.05) is 29.3 Å². The molecule has 2 heterocycles. The number of rotatable bonds is 5. The van der Waals surface area contributed by atoms with Gasteiger partial charge in [-0.3, -0.25) is 9.59 Å². The zero-order chi connectivity index (χ0) is 26.1. The van der Waals surface area contributed by atoms with Gasteiger partial charge in [-0.2, -0.15) is 10.4 Å². The largest absolute Gasteiger partial charge is 0.435 e. The highest BCUT2D eigenvalue weighted by Gasteiger charge is 2.51. The number of aromatic nitrogens is 1. The standard InChI is InChI=1S/C25H25BrFN5O4/c1-15(29-21(33)17-4-3-11-32(2)22(17)34)13-24(14-28)7-9-25(10-8-24)20(30-31-23(35)36-25)18-12-16(27)5-6-19(18)26/h3-6,11-12,15H,7-10,13H2,1-2H3,(H,29,33)(H,31,35)/t15-,24?,25?/m0/s1. The van der Waals surface area contributed by atoms with E-state index in [0.29, 0.717) is 47.9 Å². The average Bonchev–Trinajstić information content (AvgIpc) is 2.84. The SMILES string of the molecule is C[C@@H](CC1(C#N)CCC2(CC1)OC(=O)NN=C2c1cc(F)ccc1Br)NC(=O)c1cccn(C)c1=O. The van der Waals surface area contributed by atoms with Gasteiger partial charge in [0.25, 0.3) is 11.5 Å². The van der Waals surface area contributed by atoms with Gasteiger partial charge >= 0.3 is 6.09 Å². The summed E-state index contributed by atoms with van der Waals surface area (Å²) >= 11 is 3.42. The summed E-state index contributed by atoms with van der Waals surface area (Å²) in [5.74, 6) is -0.954. The first-order valence-corrected chi connectivity index (χ1v) is 12.3. The molecule has 9 nitrogen and oxygen atoms in total. The molecule has 1 fully saturated rings. The van der Waals surface area contributed by atoms with Crippen LogP contribution >= 0.6 is 15.9 Å². The van der Waals surface area contributed by atoms with Crippen LogP contribution in [0.2, 0.25) is 0 Å². The molecule has 1 spiro atoms. The van der Waals surface area contributed by atoms with E-state index in [1.165, 1.54) is 22.8 Å². The highest BCUT2D eigenvalue weighted by molar-refractivity contribution is 9.10. The molecule has 0 saturated heterocycles. The number of nitriles is 1. The molecule has 4 rings (SSSR count). The number of pyridine rings is 1. The zero-order valence-corrected chi connectivity index (χ0v) is 21.4. The average molecular weight is 558 g/mol. The third-order valence-electron chi connectivity index (χ3n) is 6.86. The third-order valence-corrected chi connectivity index (χ3v) is 7.55. The van der Waals surface area contributed by atoms with Gasteiger partial charge in [0.05, 0.1) is 11.5 Å². The topological polar surface area (TPSA) is 126 Å². The van der Waals surface area contributed by atoms with Gasteiger partial charge in [-0.25, -0.2) is 14.6 Å². The number of amides is 2. The number of hydrogen-bond acceptors (Lipinski definition) is 6. The lowest BCUT2D eigenvalue weighted by Crippen LogP contribution is -2.54. The van der Waals surface area contributed by atoms with Crippen molar-refractivity contribution in [3.8, 4) is 6.07 Å². The van der Waals surface area contributed by atoms with Crippen molar-refractivity contribution in [3.63, 3.8) is 0 Å². The fraction of sp³-hybridized carbons (Fsp3) is 0.400. The van der Waals surface area contributed by atoms with Gasteiger partial charge in [0.2, 0.25) is 0 Å². The number of aryl methyl sites for hydroxylation is 1. The van der Waals surface area contributed by atoms with Crippen LogP contribution in [0.3, 0.4) is 0 Å². The Kier molecular flexibility index (Phi) is 7.00. The Balaban J connectivity index is 1.51. The van der Waals surface area contributed by atoms with E-state index >= 15 is 0 Å². The molecule has 1 aliphatic carbocycles. The van der Waals surface area contributed by atoms with E-state index in [4.69, 9.17) is 4.74 Å². The van der Waals surface area contributed by atoms with Gasteiger partial charge < -0.3 is 14.6 Å². The molecule has 11 heteroatoms. The molecule has 0 radical (unpaired) electrons. The summed E-state index contributed by atoms with van der Waals surface area (Å²) in [4.78, 5) is 37.0. The minimum Gasteiger partial charge on any atom is -0.435 e. The molecule has 0 unspecified atom stereocenters. The van der Waals surface area contributed by atoms with E-state index in [-0.39, 0.29) is 5.56 Å². The van der Waals surface area contributed by atoms with Crippen molar-refractivity contribution in [1.82, 2.24) is 15.3 Å². The van der Waals surface area contributed by atoms with Crippen molar-refractivity contribution in [2.24, 2.45) is 17.6 Å². The van der Waals surface area contributed by atoms with Crippen LogP contribution in [0.5, 0.6) is 0 Å². The fourth-order valence-corrected chi connectivity index (χ4v) is 5.41. The van der Waals surface area contributed by atoms with E-state index in [9.17, 15) is 24.0 Å². The lowest BCUT2D eigenvalue weighted by Gasteiger charge is -2.45. The lowest BCUT2D eigenvalue weighted by atomic mass is 9.65. The summed E-state index contributed by atoms with van der Waals surface area (Å²) in [7, 11) is 1.57. The predicted octanol–water partition coefficient (Wildman–Crippen LogP) is 3.76. The Labute approximate surface area is 215 Å². The van der Waals surface area contributed by atoms with Crippen LogP contribution in [0, 0.1) is 22.6 Å². The Morgan fingerprint density at radius 3 is 2.75 bits per heavy atom. The van der Waals surface area contributed by atoms with Crippen molar-refractivity contribution in [3.05, 3.63) is 68.3 Å². The minimum atomic E-state index is -1.11. The van der Waals surface area contributed by atoms with Crippen molar-refractivity contribution in [2.45, 2.75) is 50.7 Å². The Morgan fingerprint density at radius 2 is 2.06 bits per heavy atom. The smallest absolute Gasteiger partial charge is 0.428 e. The van der Waals surface area contributed by atoms with Crippen molar-refractivity contribution in [1.29, 1.82) is 5.26 Å². The maximum atomic E-state index is 14.0. The van der Waals surface area contributed by atoms with E-state index in [2.05, 4.69) is 37.8 Å². The number of ether oxygens (including phenoxy) is 1. The zero-order valence-electron chi connectivity index (χ0n) is 19.8. The molecule has 2 aliphatic rings. The second-order valence-electron chi connectivity index (χ2n) is 9.39. The first kappa shape index (κ1) is 25.6. The first-order valence-electron chi connectivity index (χ1n) is 11.5. The molecule has 1 aromatic heterocycles. The Morgan fingerprint density at radius 1 is 1.33 bits per heavy atom. The second kappa shape index (κ2) is 9.85. The molecule has 2 aromatic rings. The summed E-state index contributed by atoms with van der Waals surface area (Å²) in [6.07, 6.45) is 2.55. The van der Waals surface area contributed by atoms with Crippen LogP contribution in [0.4, 0.5) is 9.18 Å². The van der Waals surface area contributed by atoms with Gasteiger partial charge in [-0.1, -0.05) is 15.9 Å². The number of hydrazone groups is 1. The second-order valence-corrected chi connectivity index (χ2v) is 10.2. The molecule has 1 saturated carbocycles. The quantitative estimate of drug-likeness (QED) is 0.578. The van der Waals surface area contributed by atoms with Crippen molar-refractivity contribution in [2.75, 3.05) is 0 Å². The van der Waals surface area contributed by atoms with Crippen LogP contribution in [-0.2, 0) is 11.8 Å². The van der Waals surface area contributed by atoms with E-state index in [1.54, 1.807) is 32.3 Å². The van der Waals surface area contributed by atoms with Crippen LogP contribution in [0.15, 0.2) is 50.9 Å². The van der Waals surface area contributed by atoms with Gasteiger partial charge in [-0.05, 0) is 69.4 Å². The maximum Gasteiger partial charge on any atom is 0.428 e. The molecule has 0 bridgehead atoms. The van der Waals surface area contributed by atoms with Gasteiger partial charge in [0.15, 0.2) is 5.60 Å². The molecular formula is C25H25BrFN5O4. The van der Waals surface area contributed by atoms with Gasteiger partial charge in [-0.15, -0.1) is 0 Å². The van der Waals surface area contributed by atoms with Crippen LogP contribution < -0.4 is 16.3 Å². The molecule has 2 N–H and O–H groups in total. The molecule has 1 aliphatic heterocycles. The molecule has 36 heavy (non-hydrogen) atoms. The Hall–Kier alpha value is -3.52. The van der Waals surface area contributed by atoms with Crippen molar-refractivity contribution < 1.29 is 18.7 Å². The number of nitrogens with one attached hydrogen (secondary N) is 2. The molecule has 188 valence electrons. The van der Waals surface area contributed by atoms with E-state index in [0.717, 1.165) is 0 Å². The number of nitrogens with zero attached hydrogens (tertiary/aromatic N) is 3. The number of benzene rings is 1. The normalized spacial score (nSPS) is 24.2. The first-order chi connectivity index (χ1) is 17.1. The monoisotopic (exact) mass is 557 g/mol. The number of halogens is 2. The van der Waals surface area contributed by atoms with E-state index in [1.807, 2.05) is 0 Å². The minimum absolute atomic E-state index is 0.0311. The summed E-state index contributed by atoms with van der Waals surface area (Å²) in [5.41, 5.74) is 0.886. The highest BCUT2D eigenvalue weighted by Crippen LogP contribution is 2.47. The Bertz CT molecular complexity index is 1340. The fourth-order valence-electron chi connectivity index (χ4n) is 4.98. The van der Waals surface area contributed by atoms with Crippen LogP contribution in [0.25, 0.3) is 0 Å². The van der Waals surface area contributed by atoms with Crippen LogP contribution in [0.1, 0.15) is 54.9 Å². The van der Waals surface area contributed by atoms with Gasteiger partial charge in [0.1, 0.15) is 17.1 Å². The summed E-state index contributed by atoms with van der Waals surface area (Å²) in [5, 5.41) is 17.1. The highest BCUT2D eigenvalue weighted by atomic mass is 79.9. The molecule has 1 aromatic carbocycles. The number of hydrogen-bond donors (Lipinski definition) is 2. The molecule has 2 amide bonds. The molecule has 1 atom stereocenters.